The number of carbonyl (C=O) groups is 12. The molecule has 1 aliphatic heterocycles. The number of aliphatic hydroxyl groups is 2. The van der Waals surface area contributed by atoms with Crippen LogP contribution in [0.3, 0.4) is 0 Å². The van der Waals surface area contributed by atoms with Crippen LogP contribution in [-0.2, 0) is 64.0 Å². The normalized spacial score (nSPS) is 16.5. The summed E-state index contributed by atoms with van der Waals surface area (Å²) in [7, 11) is 0. The molecule has 88 heavy (non-hydrogen) atoms. The van der Waals surface area contributed by atoms with Gasteiger partial charge in [-0.15, -0.1) is 0 Å². The molecule has 1 aromatic carbocycles. The number of likely N-dealkylation sites (tertiary alicyclic amines) is 1. The number of para-hydroxylation sites is 1. The van der Waals surface area contributed by atoms with Crippen LogP contribution in [0.1, 0.15) is 96.5 Å². The number of carbonyl (C=O) groups excluding carboxylic acids is 9. The van der Waals surface area contributed by atoms with Crippen molar-refractivity contribution in [1.29, 1.82) is 0 Å². The number of aromatic nitrogens is 1. The van der Waals surface area contributed by atoms with Crippen LogP contribution in [-0.4, -0.2) is 218 Å². The first-order chi connectivity index (χ1) is 41.6. The van der Waals surface area contributed by atoms with Crippen molar-refractivity contribution in [3.63, 3.8) is 0 Å². The Labute approximate surface area is 506 Å². The number of nitrogens with two attached hydrogens (primary N) is 4. The Kier molecular flexibility index (Phi) is 31.8. The smallest absolute Gasteiger partial charge is 0.326 e. The number of aliphatic carboxylic acids is 3. The molecule has 1 aliphatic rings. The van der Waals surface area contributed by atoms with E-state index in [1.165, 1.54) is 13.1 Å². The van der Waals surface area contributed by atoms with E-state index in [0.717, 1.165) is 18.2 Å². The Hall–Kier alpha value is -8.00. The maximum absolute atomic E-state index is 14.6. The fraction of sp³-hybridized carbons (Fsp3) is 0.623. The lowest BCUT2D eigenvalue weighted by molar-refractivity contribution is -0.406. The molecule has 0 radical (unpaired) electrons. The van der Waals surface area contributed by atoms with Gasteiger partial charge < -0.3 is 112 Å². The zero-order valence-electron chi connectivity index (χ0n) is 49.4. The van der Waals surface area contributed by atoms with Crippen LogP contribution in [0.5, 0.6) is 0 Å². The van der Waals surface area contributed by atoms with Crippen molar-refractivity contribution in [2.75, 3.05) is 32.8 Å². The third kappa shape index (κ3) is 25.0. The fourth-order valence-electron chi connectivity index (χ4n) is 9.39. The lowest BCUT2D eigenvalue weighted by Crippen LogP contribution is -2.69. The molecule has 0 saturated carbocycles. The van der Waals surface area contributed by atoms with Crippen LogP contribution in [0.15, 0.2) is 30.5 Å². The van der Waals surface area contributed by atoms with Crippen LogP contribution in [0.4, 0.5) is 0 Å². The number of hydrogen-bond acceptors (Lipinski definition) is 20. The fourth-order valence-corrected chi connectivity index (χ4v) is 9.39. The van der Waals surface area contributed by atoms with Crippen molar-refractivity contribution < 1.29 is 94.5 Å². The molecule has 1 aromatic heterocycles. The molecular weight excluding hydrogens is 1160 g/mol. The Morgan fingerprint density at radius 3 is 1.69 bits per heavy atom. The molecule has 35 heteroatoms. The summed E-state index contributed by atoms with van der Waals surface area (Å²) in [5, 5.41) is 75.5. The van der Waals surface area contributed by atoms with Crippen LogP contribution >= 0.6 is 0 Å². The highest BCUT2D eigenvalue weighted by molar-refractivity contribution is 6.00. The number of fused-ring (bicyclic) bond motifs is 1. The lowest BCUT2D eigenvalue weighted by Gasteiger charge is -2.30. The Balaban J connectivity index is 1.93. The van der Waals surface area contributed by atoms with E-state index >= 15 is 0 Å². The summed E-state index contributed by atoms with van der Waals surface area (Å²) >= 11 is 0. The number of amides is 9. The van der Waals surface area contributed by atoms with Crippen LogP contribution < -0.4 is 87.6 Å². The number of quaternary nitrogens is 2. The Morgan fingerprint density at radius 2 is 1.14 bits per heavy atom. The third-order valence-electron chi connectivity index (χ3n) is 14.2. The van der Waals surface area contributed by atoms with Gasteiger partial charge in [-0.3, -0.25) is 63.4 Å². The number of hydrogen-bond donors (Lipinski definition) is 22. The summed E-state index contributed by atoms with van der Waals surface area (Å²) in [4.78, 5) is 165. The molecule has 492 valence electrons. The van der Waals surface area contributed by atoms with Gasteiger partial charge in [0.15, 0.2) is 6.04 Å². The number of unbranched alkanes of at least 4 members (excludes halogenated alkanes) is 1. The number of nitrogens with one attached hydrogen (secondary N) is 11. The molecular formula is C53H90N18O17+2. The molecule has 0 spiro atoms. The highest BCUT2D eigenvalue weighted by atomic mass is 16.4. The van der Waals surface area contributed by atoms with Gasteiger partial charge in [0.2, 0.25) is 47.3 Å². The Bertz CT molecular complexity index is 2700. The van der Waals surface area contributed by atoms with Gasteiger partial charge >= 0.3 is 17.9 Å². The van der Waals surface area contributed by atoms with Gasteiger partial charge in [-0.25, -0.2) is 4.79 Å². The van der Waals surface area contributed by atoms with Crippen molar-refractivity contribution in [3.8, 4) is 0 Å². The van der Waals surface area contributed by atoms with Gasteiger partial charge in [0.1, 0.15) is 67.0 Å². The standard InChI is InChI=1S/C53H88N18O17/c1-26(63-44(80)32(13-7-19-60-52(56)57)64-43(79)30(55)11-5-6-18-54)42(78)69-37(25-72)49(85)65-33(14-8-20-61-53(58)59)45(81)67-35(22-28-24-62-31-12-4-3-10-29(28)31)47(83)68-36(23-40(76)77)48(84)66-34(16-17-39(74)75)46(82)70-41(27(2)73)50(86)71-21-9-15-38(71)51(87)88/h3-4,10,12,24,26-27,30,32-38,41,52-53,60-62,72-73H,5-9,11,13-23,25,54-59H2,1-2H3,(H,63,80)(H,64,79)(H,65,85)(H,66,84)(H,67,81)(H,68,83)(H,69,78)(H,70,82)(H,74,75)(H,76,77)(H,87,88)/p+2/t26-,27+,30-,32-,33-,34-,35-,36-,37-,38-,41-/m0/s1. The largest absolute Gasteiger partial charge is 0.481 e. The predicted molar refractivity (Wildman–Crippen MR) is 310 cm³/mol. The van der Waals surface area contributed by atoms with E-state index in [9.17, 15) is 83.1 Å². The van der Waals surface area contributed by atoms with E-state index in [1.54, 1.807) is 24.3 Å². The molecule has 0 aliphatic carbocycles. The molecule has 1 saturated heterocycles. The first-order valence-corrected chi connectivity index (χ1v) is 28.9. The van der Waals surface area contributed by atoms with Crippen molar-refractivity contribution in [2.45, 2.75) is 176 Å². The molecule has 0 unspecified atom stereocenters. The van der Waals surface area contributed by atoms with Gasteiger partial charge in [-0.2, -0.15) is 0 Å². The summed E-state index contributed by atoms with van der Waals surface area (Å²) in [6.45, 7) is 2.29. The summed E-state index contributed by atoms with van der Waals surface area (Å²) in [6.07, 6.45) is -2.58. The lowest BCUT2D eigenvalue weighted by atomic mass is 10.0. The molecule has 3 rings (SSSR count). The number of benzene rings is 1. The minimum absolute atomic E-state index is 0.0362. The van der Waals surface area contributed by atoms with Gasteiger partial charge in [0, 0.05) is 42.9 Å². The van der Waals surface area contributed by atoms with E-state index in [1.807, 2.05) is 0 Å². The Morgan fingerprint density at radius 1 is 0.625 bits per heavy atom. The van der Waals surface area contributed by atoms with E-state index < -0.39 is 176 Å². The van der Waals surface area contributed by atoms with E-state index in [2.05, 4.69) is 69.6 Å². The van der Waals surface area contributed by atoms with Gasteiger partial charge in [-0.05, 0) is 96.4 Å². The number of aliphatic hydroxyl groups excluding tert-OH is 2. The molecule has 1 fully saturated rings. The predicted octanol–water partition coefficient (Wildman–Crippen LogP) is -9.44. The third-order valence-corrected chi connectivity index (χ3v) is 14.2. The monoisotopic (exact) mass is 1250 g/mol. The summed E-state index contributed by atoms with van der Waals surface area (Å²) < 4.78 is 0. The van der Waals surface area contributed by atoms with E-state index in [-0.39, 0.29) is 58.2 Å². The zero-order chi connectivity index (χ0) is 65.8. The second-order valence-electron chi connectivity index (χ2n) is 21.4. The average Bonchev–Trinajstić information content (AvgIpc) is 3.33. The summed E-state index contributed by atoms with van der Waals surface area (Å²) in [5.41, 5.74) is 31.1. The second kappa shape index (κ2) is 37.6. The quantitative estimate of drug-likeness (QED) is 0.0217. The van der Waals surface area contributed by atoms with E-state index in [0.29, 0.717) is 42.3 Å². The minimum atomic E-state index is -2.08. The van der Waals surface area contributed by atoms with Crippen molar-refractivity contribution in [1.82, 2.24) is 63.1 Å². The van der Waals surface area contributed by atoms with Crippen LogP contribution in [0.2, 0.25) is 0 Å². The maximum Gasteiger partial charge on any atom is 0.326 e. The average molecular weight is 1250 g/mol. The molecule has 35 nitrogen and oxygen atoms in total. The first-order valence-electron chi connectivity index (χ1n) is 28.9. The highest BCUT2D eigenvalue weighted by Gasteiger charge is 2.41. The van der Waals surface area contributed by atoms with Crippen molar-refractivity contribution in [3.05, 3.63) is 36.0 Å². The molecule has 0 bridgehead atoms. The molecule has 2 aromatic rings. The number of carboxylic acids is 3. The number of H-pyrrole nitrogens is 1. The second-order valence-corrected chi connectivity index (χ2v) is 21.4. The number of rotatable bonds is 41. The summed E-state index contributed by atoms with van der Waals surface area (Å²) in [6, 6.07) is -8.62. The van der Waals surface area contributed by atoms with Crippen molar-refractivity contribution >= 4 is 82.0 Å². The minimum Gasteiger partial charge on any atom is -0.481 e. The van der Waals surface area contributed by atoms with Crippen molar-refractivity contribution in [2.24, 2.45) is 22.9 Å². The van der Waals surface area contributed by atoms with E-state index in [4.69, 9.17) is 22.9 Å². The van der Waals surface area contributed by atoms with Crippen LogP contribution in [0.25, 0.3) is 10.9 Å². The SMILES string of the molecule is C[C@H](NC(=O)[C@H](CCCNC(N)N)NC(=O)[C@@H]([NH3+])CCCC[NH3+])C(=O)N[C@@H](CO)C(=O)N[C@@H](CCCNC(N)N)C(=O)N[C@@H](Cc1c[nH]c2ccccc12)C(=O)N[C@@H](CC(=O)O)C(=O)N[C@@H](CCC(=O)O)C(=O)N[C@H](C(=O)N1CCC[C@H]1C(=O)O)[C@@H](C)O. The van der Waals surface area contributed by atoms with Gasteiger partial charge in [0.25, 0.3) is 5.91 Å². The molecule has 9 amide bonds. The highest BCUT2D eigenvalue weighted by Crippen LogP contribution is 2.21. The summed E-state index contributed by atoms with van der Waals surface area (Å²) in [5.74, 6) is -13.7. The molecule has 11 atom stereocenters. The molecule has 2 heterocycles. The zero-order valence-corrected chi connectivity index (χ0v) is 49.4. The van der Waals surface area contributed by atoms with Crippen LogP contribution in [0, 0.1) is 0 Å². The van der Waals surface area contributed by atoms with Gasteiger partial charge in [-0.1, -0.05) is 18.2 Å². The van der Waals surface area contributed by atoms with Gasteiger partial charge in [0.05, 0.1) is 25.7 Å². The number of aromatic amines is 1. The number of nitrogens with zero attached hydrogens (tertiary/aromatic N) is 1. The first kappa shape index (κ1) is 74.3. The number of carboxylic acid groups (broad SMARTS) is 3. The molecule has 30 N–H and O–H groups in total. The topological polar surface area (TPSA) is 605 Å². The maximum atomic E-state index is 14.6.